The molecule has 0 unspecified atom stereocenters. The van der Waals surface area contributed by atoms with Crippen LogP contribution in [-0.4, -0.2) is 15.5 Å². The molecule has 1 aromatic carbocycles. The smallest absolute Gasteiger partial charge is 0.187 e. The maximum Gasteiger partial charge on any atom is 0.187 e. The first kappa shape index (κ1) is 15.8. The number of aryl methyl sites for hydroxylation is 1. The Labute approximate surface area is 147 Å². The van der Waals surface area contributed by atoms with Crippen LogP contribution >= 0.6 is 0 Å². The summed E-state index contributed by atoms with van der Waals surface area (Å²) >= 11 is 0. The Morgan fingerprint density at radius 1 is 1.16 bits per heavy atom. The normalized spacial score (nSPS) is 17.5. The maximum absolute atomic E-state index is 12.4. The largest absolute Gasteiger partial charge is 0.388 e. The zero-order valence-corrected chi connectivity index (χ0v) is 14.2. The standard InChI is InChI=1S/C21H21N2O2/c1-15-5-2-3-6-17(15)13-22-11-8-16(9-12-22)20(24)18-14-23-10-4-7-19(23)21(18)25/h2-12,18,20,24H,13-14H2,1H3/q+1/t18-,20+/m1/s1. The van der Waals surface area contributed by atoms with Gasteiger partial charge in [-0.05, 0) is 30.2 Å². The Morgan fingerprint density at radius 3 is 2.64 bits per heavy atom. The monoisotopic (exact) mass is 333 g/mol. The lowest BCUT2D eigenvalue weighted by molar-refractivity contribution is -0.688. The lowest BCUT2D eigenvalue weighted by Gasteiger charge is -2.16. The zero-order valence-electron chi connectivity index (χ0n) is 14.2. The van der Waals surface area contributed by atoms with Crippen molar-refractivity contribution in [3.05, 3.63) is 89.5 Å². The number of ketones is 1. The molecule has 0 spiro atoms. The molecule has 0 saturated carbocycles. The van der Waals surface area contributed by atoms with E-state index in [1.54, 1.807) is 0 Å². The SMILES string of the molecule is Cc1ccccc1C[n+]1ccc([C@H](O)[C@H]2Cn3cccc3C2=O)cc1. The molecule has 4 nitrogen and oxygen atoms in total. The van der Waals surface area contributed by atoms with Crippen LogP contribution in [0.3, 0.4) is 0 Å². The number of aliphatic hydroxyl groups is 1. The first-order valence-electron chi connectivity index (χ1n) is 8.54. The van der Waals surface area contributed by atoms with Crippen LogP contribution in [0.1, 0.15) is 33.3 Å². The van der Waals surface area contributed by atoms with Crippen LogP contribution in [0.2, 0.25) is 0 Å². The number of rotatable bonds is 4. The van der Waals surface area contributed by atoms with E-state index >= 15 is 0 Å². The Kier molecular flexibility index (Phi) is 3.98. The van der Waals surface area contributed by atoms with Gasteiger partial charge >= 0.3 is 0 Å². The number of carbonyl (C=O) groups excluding carboxylic acids is 1. The average molecular weight is 333 g/mol. The summed E-state index contributed by atoms with van der Waals surface area (Å²) in [6, 6.07) is 15.8. The van der Waals surface area contributed by atoms with Crippen molar-refractivity contribution >= 4 is 5.78 Å². The minimum Gasteiger partial charge on any atom is -0.388 e. The molecule has 0 radical (unpaired) electrons. The summed E-state index contributed by atoms with van der Waals surface area (Å²) in [4.78, 5) is 12.4. The summed E-state index contributed by atoms with van der Waals surface area (Å²) < 4.78 is 4.00. The molecule has 3 aromatic rings. The van der Waals surface area contributed by atoms with Gasteiger partial charge in [0, 0.05) is 30.4 Å². The summed E-state index contributed by atoms with van der Waals surface area (Å²) in [7, 11) is 0. The van der Waals surface area contributed by atoms with Gasteiger partial charge in [0.1, 0.15) is 0 Å². The second-order valence-electron chi connectivity index (χ2n) is 6.69. The molecule has 1 N–H and O–H groups in total. The Morgan fingerprint density at radius 2 is 1.92 bits per heavy atom. The van der Waals surface area contributed by atoms with E-state index < -0.39 is 12.0 Å². The molecule has 3 heterocycles. The number of hydrogen-bond donors (Lipinski definition) is 1. The topological polar surface area (TPSA) is 46.1 Å². The van der Waals surface area contributed by atoms with Gasteiger partial charge in [0.2, 0.25) is 0 Å². The van der Waals surface area contributed by atoms with E-state index in [0.29, 0.717) is 12.2 Å². The summed E-state index contributed by atoms with van der Waals surface area (Å²) in [6.45, 7) is 3.44. The molecule has 0 amide bonds. The Hall–Kier alpha value is -2.72. The van der Waals surface area contributed by atoms with Crippen molar-refractivity contribution in [2.45, 2.75) is 26.1 Å². The predicted octanol–water partition coefficient (Wildman–Crippen LogP) is 2.68. The number of carbonyl (C=O) groups is 1. The van der Waals surface area contributed by atoms with Crippen LogP contribution < -0.4 is 4.57 Å². The van der Waals surface area contributed by atoms with Gasteiger partial charge in [-0.25, -0.2) is 4.57 Å². The Bertz CT molecular complexity index is 912. The summed E-state index contributed by atoms with van der Waals surface area (Å²) in [5, 5.41) is 10.7. The van der Waals surface area contributed by atoms with E-state index in [1.165, 1.54) is 11.1 Å². The minimum absolute atomic E-state index is 0.0224. The van der Waals surface area contributed by atoms with Crippen molar-refractivity contribution in [2.24, 2.45) is 5.92 Å². The highest BCUT2D eigenvalue weighted by atomic mass is 16.3. The predicted molar refractivity (Wildman–Crippen MR) is 94.1 cm³/mol. The molecule has 2 aromatic heterocycles. The van der Waals surface area contributed by atoms with Crippen molar-refractivity contribution in [1.29, 1.82) is 0 Å². The molecular weight excluding hydrogens is 312 g/mol. The fourth-order valence-electron chi connectivity index (χ4n) is 3.51. The van der Waals surface area contributed by atoms with E-state index in [0.717, 1.165) is 12.1 Å². The highest BCUT2D eigenvalue weighted by Crippen LogP contribution is 2.31. The molecule has 0 saturated heterocycles. The highest BCUT2D eigenvalue weighted by molar-refractivity contribution is 5.98. The van der Waals surface area contributed by atoms with Crippen molar-refractivity contribution in [1.82, 2.24) is 4.57 Å². The van der Waals surface area contributed by atoms with E-state index in [4.69, 9.17) is 0 Å². The van der Waals surface area contributed by atoms with E-state index in [-0.39, 0.29) is 5.78 Å². The highest BCUT2D eigenvalue weighted by Gasteiger charge is 2.36. The molecule has 0 aliphatic carbocycles. The van der Waals surface area contributed by atoms with Crippen LogP contribution in [0.25, 0.3) is 0 Å². The quantitative estimate of drug-likeness (QED) is 0.746. The van der Waals surface area contributed by atoms with E-state index in [2.05, 4.69) is 23.6 Å². The first-order chi connectivity index (χ1) is 12.1. The molecule has 2 atom stereocenters. The number of hydrogen-bond acceptors (Lipinski definition) is 2. The molecule has 25 heavy (non-hydrogen) atoms. The van der Waals surface area contributed by atoms with Gasteiger partial charge in [-0.2, -0.15) is 0 Å². The molecular formula is C21H21N2O2+. The van der Waals surface area contributed by atoms with Crippen molar-refractivity contribution in [2.75, 3.05) is 0 Å². The van der Waals surface area contributed by atoms with Gasteiger partial charge in [0.05, 0.1) is 17.7 Å². The van der Waals surface area contributed by atoms with Crippen LogP contribution in [0.5, 0.6) is 0 Å². The van der Waals surface area contributed by atoms with Gasteiger partial charge in [-0.1, -0.05) is 24.3 Å². The lowest BCUT2D eigenvalue weighted by atomic mass is 9.93. The molecule has 126 valence electrons. The maximum atomic E-state index is 12.4. The van der Waals surface area contributed by atoms with Gasteiger partial charge in [0.25, 0.3) is 0 Å². The number of benzene rings is 1. The Balaban J connectivity index is 1.50. The second kappa shape index (κ2) is 6.30. The van der Waals surface area contributed by atoms with Crippen molar-refractivity contribution in [3.63, 3.8) is 0 Å². The van der Waals surface area contributed by atoms with Crippen LogP contribution in [0, 0.1) is 12.8 Å². The van der Waals surface area contributed by atoms with Gasteiger partial charge < -0.3 is 9.67 Å². The molecule has 4 heteroatoms. The number of Topliss-reactive ketones (excluding diaryl/α,β-unsaturated/α-hetero) is 1. The molecule has 4 rings (SSSR count). The molecule has 1 aliphatic heterocycles. The van der Waals surface area contributed by atoms with Crippen molar-refractivity contribution in [3.8, 4) is 0 Å². The number of aliphatic hydroxyl groups excluding tert-OH is 1. The third kappa shape index (κ3) is 2.89. The van der Waals surface area contributed by atoms with Gasteiger partial charge in [-0.15, -0.1) is 0 Å². The van der Waals surface area contributed by atoms with Crippen LogP contribution in [0.4, 0.5) is 0 Å². The summed E-state index contributed by atoms with van der Waals surface area (Å²) in [5.41, 5.74) is 4.00. The molecule has 0 bridgehead atoms. The molecule has 0 fully saturated rings. The third-order valence-corrected chi connectivity index (χ3v) is 5.07. The summed E-state index contributed by atoms with van der Waals surface area (Å²) in [5.74, 6) is -0.377. The van der Waals surface area contributed by atoms with Crippen LogP contribution in [0.15, 0.2) is 67.1 Å². The average Bonchev–Trinajstić information content (AvgIpc) is 3.20. The lowest BCUT2D eigenvalue weighted by Crippen LogP contribution is -2.34. The number of pyridine rings is 1. The third-order valence-electron chi connectivity index (χ3n) is 5.07. The second-order valence-corrected chi connectivity index (χ2v) is 6.69. The fourth-order valence-corrected chi connectivity index (χ4v) is 3.51. The number of fused-ring (bicyclic) bond motifs is 1. The van der Waals surface area contributed by atoms with Crippen LogP contribution in [-0.2, 0) is 13.1 Å². The zero-order chi connectivity index (χ0) is 17.4. The minimum atomic E-state index is -0.777. The molecule has 1 aliphatic rings. The van der Waals surface area contributed by atoms with Gasteiger partial charge in [-0.3, -0.25) is 4.79 Å². The number of aromatic nitrogens is 2. The van der Waals surface area contributed by atoms with Crippen molar-refractivity contribution < 1.29 is 14.5 Å². The van der Waals surface area contributed by atoms with E-state index in [9.17, 15) is 9.90 Å². The summed E-state index contributed by atoms with van der Waals surface area (Å²) in [6.07, 6.45) is 5.04. The van der Waals surface area contributed by atoms with E-state index in [1.807, 2.05) is 59.6 Å². The fraction of sp³-hybridized carbons (Fsp3) is 0.238. The van der Waals surface area contributed by atoms with Gasteiger partial charge in [0.15, 0.2) is 24.7 Å². The first-order valence-corrected chi connectivity index (χ1v) is 8.54. The number of nitrogens with zero attached hydrogens (tertiary/aromatic N) is 2.